The highest BCUT2D eigenvalue weighted by Gasteiger charge is 2.40. The van der Waals surface area contributed by atoms with Crippen molar-refractivity contribution in [2.45, 2.75) is 99.3 Å². The lowest BCUT2D eigenvalue weighted by molar-refractivity contribution is -0.125. The first-order valence-electron chi connectivity index (χ1n) is 17.8. The average molecular weight is 680 g/mol. The van der Waals surface area contributed by atoms with Crippen molar-refractivity contribution in [2.24, 2.45) is 0 Å². The van der Waals surface area contributed by atoms with E-state index in [1.807, 2.05) is 26.8 Å². The normalized spacial score (nSPS) is 19.2. The molecule has 2 unspecified atom stereocenters. The maximum Gasteiger partial charge on any atom is 0.280 e. The van der Waals surface area contributed by atoms with Gasteiger partial charge in [-0.3, -0.25) is 15.1 Å². The van der Waals surface area contributed by atoms with Crippen LogP contribution < -0.4 is 15.1 Å². The van der Waals surface area contributed by atoms with Crippen molar-refractivity contribution >= 4 is 17.4 Å². The van der Waals surface area contributed by atoms with Gasteiger partial charge < -0.3 is 24.2 Å². The average Bonchev–Trinajstić information content (AvgIpc) is 3.72. The Bertz CT molecular complexity index is 1170. The molecule has 0 radical (unpaired) electrons. The van der Waals surface area contributed by atoms with Crippen molar-refractivity contribution in [3.63, 3.8) is 0 Å². The zero-order valence-corrected chi connectivity index (χ0v) is 31.3. The number of pyridine rings is 1. The van der Waals surface area contributed by atoms with E-state index in [1.54, 1.807) is 12.0 Å². The molecule has 12 heteroatoms. The Morgan fingerprint density at radius 1 is 1.25 bits per heavy atom. The molecule has 0 saturated carbocycles. The fourth-order valence-electron chi connectivity index (χ4n) is 6.65. The van der Waals surface area contributed by atoms with Crippen LogP contribution in [-0.2, 0) is 20.7 Å². The van der Waals surface area contributed by atoms with Gasteiger partial charge in [0.2, 0.25) is 5.91 Å². The van der Waals surface area contributed by atoms with Gasteiger partial charge in [0, 0.05) is 76.8 Å². The molecule has 10 nitrogen and oxygen atoms in total. The van der Waals surface area contributed by atoms with Gasteiger partial charge in [0.05, 0.1) is 31.6 Å². The van der Waals surface area contributed by atoms with E-state index in [0.717, 1.165) is 51.3 Å². The minimum absolute atomic E-state index is 0.0139. The van der Waals surface area contributed by atoms with Gasteiger partial charge in [-0.05, 0) is 59.1 Å². The van der Waals surface area contributed by atoms with E-state index in [1.165, 1.54) is 17.3 Å². The Labute approximate surface area is 289 Å². The van der Waals surface area contributed by atoms with Gasteiger partial charge in [0.1, 0.15) is 17.6 Å². The third kappa shape index (κ3) is 10.4. The number of morpholine rings is 1. The smallest absolute Gasteiger partial charge is 0.280 e. The quantitative estimate of drug-likeness (QED) is 0.244. The number of likely N-dealkylation sites (N-methyl/N-ethyl adjacent to an activating group) is 1. The summed E-state index contributed by atoms with van der Waals surface area (Å²) < 4.78 is 40.4. The van der Waals surface area contributed by atoms with E-state index in [-0.39, 0.29) is 29.8 Å². The SMILES string of the molecule is C=CC(=O)N1CCNC1.CC.CCCc1c(N(CC)CC)cc(N(CCC2OCC(COC)N3C2=C(C)CN3C)C(C)C)nc1C(F)F. The van der Waals surface area contributed by atoms with E-state index in [9.17, 15) is 13.6 Å². The highest BCUT2D eigenvalue weighted by Crippen LogP contribution is 2.37. The van der Waals surface area contributed by atoms with Gasteiger partial charge >= 0.3 is 0 Å². The third-order valence-corrected chi connectivity index (χ3v) is 8.84. The molecule has 2 fully saturated rings. The Morgan fingerprint density at radius 2 is 1.94 bits per heavy atom. The number of methoxy groups -OCH3 is 1. The number of anilines is 2. The number of aromatic nitrogens is 1. The van der Waals surface area contributed by atoms with Gasteiger partial charge in [0.15, 0.2) is 0 Å². The van der Waals surface area contributed by atoms with Crippen LogP contribution >= 0.6 is 0 Å². The van der Waals surface area contributed by atoms with Crippen LogP contribution in [0.2, 0.25) is 0 Å². The van der Waals surface area contributed by atoms with Gasteiger partial charge in [-0.25, -0.2) is 18.8 Å². The summed E-state index contributed by atoms with van der Waals surface area (Å²) in [7, 11) is 3.82. The first-order chi connectivity index (χ1) is 23.0. The van der Waals surface area contributed by atoms with Crippen LogP contribution in [0.5, 0.6) is 0 Å². The maximum atomic E-state index is 14.3. The monoisotopic (exact) mass is 679 g/mol. The molecule has 0 bridgehead atoms. The number of carbonyl (C=O) groups excluding carboxylic acids is 1. The van der Waals surface area contributed by atoms with E-state index < -0.39 is 6.43 Å². The van der Waals surface area contributed by atoms with Gasteiger partial charge in [-0.15, -0.1) is 0 Å². The van der Waals surface area contributed by atoms with Gasteiger partial charge in [0.25, 0.3) is 6.43 Å². The van der Waals surface area contributed by atoms with Crippen molar-refractivity contribution in [3.8, 4) is 0 Å². The second-order valence-electron chi connectivity index (χ2n) is 12.4. The fraction of sp³-hybridized carbons (Fsp3) is 0.722. The predicted octanol–water partition coefficient (Wildman–Crippen LogP) is 5.86. The number of rotatable bonds is 14. The lowest BCUT2D eigenvalue weighted by atomic mass is 10.0. The van der Waals surface area contributed by atoms with Crippen LogP contribution in [-0.4, -0.2) is 117 Å². The Balaban J connectivity index is 0.000000620. The number of nitrogens with zero attached hydrogens (tertiary/aromatic N) is 6. The van der Waals surface area contributed by atoms with Crippen LogP contribution in [0.1, 0.15) is 85.9 Å². The molecule has 1 N–H and O–H groups in total. The molecule has 3 aliphatic heterocycles. The number of amides is 1. The standard InChI is InChI=1S/C28H47F2N5O2.C6H10N2O.C2H6/c1-9-12-22-23(33(10-2)11-3)15-25(31-26(22)28(29)30)34(19(4)5)14-13-24-27-20(6)16-32(7)35(27)21(17-36-8)18-37-24;1-2-6(9)8-4-3-7-5-8;1-2/h15,19,21,24,28H,9-14,16-18H2,1-8H3;2,7H,1,3-5H2;1-2H3. The van der Waals surface area contributed by atoms with Crippen molar-refractivity contribution in [3.05, 3.63) is 41.2 Å². The Kier molecular flexibility index (Phi) is 17.8. The Hall–Kier alpha value is -2.80. The van der Waals surface area contributed by atoms with Crippen molar-refractivity contribution in [2.75, 3.05) is 83.1 Å². The molecular weight excluding hydrogens is 616 g/mol. The summed E-state index contributed by atoms with van der Waals surface area (Å²) in [5.74, 6) is 0.631. The molecule has 0 aliphatic carbocycles. The molecule has 2 saturated heterocycles. The zero-order valence-electron chi connectivity index (χ0n) is 31.3. The molecule has 4 heterocycles. The second kappa shape index (κ2) is 20.7. The summed E-state index contributed by atoms with van der Waals surface area (Å²) in [6, 6.07) is 2.28. The van der Waals surface area contributed by atoms with Crippen LogP contribution in [0.25, 0.3) is 0 Å². The summed E-state index contributed by atoms with van der Waals surface area (Å²) in [5.41, 5.74) is 4.00. The van der Waals surface area contributed by atoms with Crippen LogP contribution in [0.3, 0.4) is 0 Å². The Morgan fingerprint density at radius 3 is 2.46 bits per heavy atom. The van der Waals surface area contributed by atoms with E-state index >= 15 is 0 Å². The molecule has 2 atom stereocenters. The van der Waals surface area contributed by atoms with Gasteiger partial charge in [-0.1, -0.05) is 33.8 Å². The largest absolute Gasteiger partial charge is 0.382 e. The molecule has 274 valence electrons. The molecule has 1 amide bonds. The molecule has 48 heavy (non-hydrogen) atoms. The topological polar surface area (TPSA) is 76.7 Å². The summed E-state index contributed by atoms with van der Waals surface area (Å²) in [6.07, 6.45) is 0.807. The summed E-state index contributed by atoms with van der Waals surface area (Å²) in [4.78, 5) is 21.4. The number of hydrazine groups is 1. The number of hydrogen-bond donors (Lipinski definition) is 1. The summed E-state index contributed by atoms with van der Waals surface area (Å²) >= 11 is 0. The highest BCUT2D eigenvalue weighted by molar-refractivity contribution is 5.87. The van der Waals surface area contributed by atoms with E-state index in [2.05, 4.69) is 78.4 Å². The second-order valence-corrected chi connectivity index (χ2v) is 12.4. The number of hydrogen-bond acceptors (Lipinski definition) is 9. The molecule has 3 aliphatic rings. The number of halogens is 2. The van der Waals surface area contributed by atoms with Gasteiger partial charge in [-0.2, -0.15) is 0 Å². The van der Waals surface area contributed by atoms with Crippen molar-refractivity contribution in [1.29, 1.82) is 0 Å². The summed E-state index contributed by atoms with van der Waals surface area (Å²) in [5, 5.41) is 7.62. The maximum absolute atomic E-state index is 14.3. The molecule has 1 aromatic heterocycles. The number of nitrogens with one attached hydrogen (secondary N) is 1. The highest BCUT2D eigenvalue weighted by atomic mass is 19.3. The van der Waals surface area contributed by atoms with Crippen LogP contribution in [0.15, 0.2) is 30.0 Å². The number of alkyl halides is 2. The molecule has 4 rings (SSSR count). The number of carbonyl (C=O) groups is 1. The lowest BCUT2D eigenvalue weighted by Crippen LogP contribution is -2.53. The first kappa shape index (κ1) is 41.4. The zero-order chi connectivity index (χ0) is 36.0. The molecule has 0 spiro atoms. The number of ether oxygens (including phenoxy) is 2. The first-order valence-corrected chi connectivity index (χ1v) is 17.8. The fourth-order valence-corrected chi connectivity index (χ4v) is 6.65. The lowest BCUT2D eigenvalue weighted by Gasteiger charge is -2.44. The minimum Gasteiger partial charge on any atom is -0.382 e. The summed E-state index contributed by atoms with van der Waals surface area (Å²) in [6.45, 7) is 26.5. The van der Waals surface area contributed by atoms with E-state index in [0.29, 0.717) is 44.2 Å². The van der Waals surface area contributed by atoms with Crippen molar-refractivity contribution in [1.82, 2.24) is 25.2 Å². The predicted molar refractivity (Wildman–Crippen MR) is 193 cm³/mol. The van der Waals surface area contributed by atoms with Crippen LogP contribution in [0, 0.1) is 0 Å². The minimum atomic E-state index is -2.61. The molecule has 0 aromatic carbocycles. The number of fused-ring (bicyclic) bond motifs is 1. The molecule has 1 aromatic rings. The van der Waals surface area contributed by atoms with Crippen LogP contribution in [0.4, 0.5) is 20.3 Å². The third-order valence-electron chi connectivity index (χ3n) is 8.84. The van der Waals surface area contributed by atoms with E-state index in [4.69, 9.17) is 9.47 Å². The molecular formula is C36H63F2N7O3. The van der Waals surface area contributed by atoms with Crippen molar-refractivity contribution < 1.29 is 23.0 Å².